The quantitative estimate of drug-likeness (QED) is 0.854. The Morgan fingerprint density at radius 2 is 1.82 bits per heavy atom. The van der Waals surface area contributed by atoms with E-state index < -0.39 is 21.7 Å². The number of nitrogens with zero attached hydrogens (tertiary/aromatic N) is 1. The molecular weight excluding hydrogens is 312 g/mol. The normalized spacial score (nSPS) is 11.2. The second-order valence-corrected chi connectivity index (χ2v) is 6.45. The number of halogens is 2. The highest BCUT2D eigenvalue weighted by Gasteiger charge is 2.09. The fraction of sp³-hybridized carbons (Fsp3) is 0.214. The van der Waals surface area contributed by atoms with Gasteiger partial charge in [0.2, 0.25) is 10.0 Å². The molecule has 2 aromatic rings. The average molecular weight is 327 g/mol. The average Bonchev–Trinajstić information content (AvgIpc) is 2.44. The number of rotatable bonds is 6. The number of anilines is 3. The molecule has 0 radical (unpaired) electrons. The number of hydrogen-bond acceptors (Lipinski definition) is 4. The second kappa shape index (κ2) is 6.69. The summed E-state index contributed by atoms with van der Waals surface area (Å²) < 4.78 is 51.5. The first-order valence-corrected chi connectivity index (χ1v) is 8.23. The summed E-state index contributed by atoms with van der Waals surface area (Å²) in [6, 6.07) is 6.45. The SMILES string of the molecule is CCCS(=O)(=O)Nc1ccc(Nc2ccc(F)c(F)c2)nc1. The lowest BCUT2D eigenvalue weighted by atomic mass is 10.3. The molecule has 0 aliphatic heterocycles. The molecule has 0 saturated carbocycles. The highest BCUT2D eigenvalue weighted by molar-refractivity contribution is 7.92. The van der Waals surface area contributed by atoms with Crippen molar-refractivity contribution in [2.24, 2.45) is 0 Å². The standard InChI is InChI=1S/C14H15F2N3O2S/c1-2-7-22(20,21)19-11-4-6-14(17-9-11)18-10-3-5-12(15)13(16)8-10/h3-6,8-9,19H,2,7H2,1H3,(H,17,18). The topological polar surface area (TPSA) is 71.1 Å². The summed E-state index contributed by atoms with van der Waals surface area (Å²) in [5.74, 6) is -1.49. The molecule has 0 fully saturated rings. The highest BCUT2D eigenvalue weighted by Crippen LogP contribution is 2.19. The zero-order valence-corrected chi connectivity index (χ0v) is 12.6. The molecule has 0 bridgehead atoms. The van der Waals surface area contributed by atoms with Gasteiger partial charge in [-0.25, -0.2) is 22.2 Å². The molecule has 8 heteroatoms. The third-order valence-corrected chi connectivity index (χ3v) is 4.19. The molecule has 0 aliphatic rings. The van der Waals surface area contributed by atoms with Gasteiger partial charge in [-0.3, -0.25) is 4.72 Å². The van der Waals surface area contributed by atoms with Gasteiger partial charge >= 0.3 is 0 Å². The van der Waals surface area contributed by atoms with Crippen molar-refractivity contribution >= 4 is 27.2 Å². The Bertz CT molecular complexity index is 749. The van der Waals surface area contributed by atoms with Gasteiger partial charge in [0.25, 0.3) is 0 Å². The molecule has 0 saturated heterocycles. The molecule has 22 heavy (non-hydrogen) atoms. The summed E-state index contributed by atoms with van der Waals surface area (Å²) in [6.07, 6.45) is 1.86. The van der Waals surface area contributed by atoms with Crippen molar-refractivity contribution in [3.63, 3.8) is 0 Å². The van der Waals surface area contributed by atoms with Crippen LogP contribution in [0.15, 0.2) is 36.5 Å². The van der Waals surface area contributed by atoms with Crippen LogP contribution in [-0.4, -0.2) is 19.2 Å². The van der Waals surface area contributed by atoms with Crippen LogP contribution >= 0.6 is 0 Å². The maximum Gasteiger partial charge on any atom is 0.232 e. The van der Waals surface area contributed by atoms with Crippen LogP contribution in [-0.2, 0) is 10.0 Å². The van der Waals surface area contributed by atoms with E-state index in [1.54, 1.807) is 6.92 Å². The van der Waals surface area contributed by atoms with E-state index in [0.717, 1.165) is 12.1 Å². The van der Waals surface area contributed by atoms with E-state index >= 15 is 0 Å². The molecule has 1 aromatic carbocycles. The Kier molecular flexibility index (Phi) is 4.92. The van der Waals surface area contributed by atoms with Crippen molar-refractivity contribution in [2.45, 2.75) is 13.3 Å². The molecule has 5 nitrogen and oxygen atoms in total. The van der Waals surface area contributed by atoms with Gasteiger partial charge in [-0.1, -0.05) is 6.92 Å². The van der Waals surface area contributed by atoms with Crippen LogP contribution in [0.5, 0.6) is 0 Å². The van der Waals surface area contributed by atoms with E-state index in [2.05, 4.69) is 15.0 Å². The minimum absolute atomic E-state index is 0.0296. The minimum atomic E-state index is -3.37. The lowest BCUT2D eigenvalue weighted by Gasteiger charge is -2.09. The molecule has 1 heterocycles. The van der Waals surface area contributed by atoms with Gasteiger partial charge in [-0.2, -0.15) is 0 Å². The lowest BCUT2D eigenvalue weighted by molar-refractivity contribution is 0.509. The van der Waals surface area contributed by atoms with Crippen LogP contribution in [0, 0.1) is 11.6 Å². The fourth-order valence-electron chi connectivity index (χ4n) is 1.75. The van der Waals surface area contributed by atoms with Crippen LogP contribution in [0.4, 0.5) is 26.0 Å². The van der Waals surface area contributed by atoms with Crippen LogP contribution in [0.3, 0.4) is 0 Å². The smallest absolute Gasteiger partial charge is 0.232 e. The van der Waals surface area contributed by atoms with Crippen molar-refractivity contribution < 1.29 is 17.2 Å². The molecule has 2 N–H and O–H groups in total. The van der Waals surface area contributed by atoms with E-state index in [1.165, 1.54) is 24.4 Å². The molecule has 2 rings (SSSR count). The van der Waals surface area contributed by atoms with Gasteiger partial charge < -0.3 is 5.32 Å². The first kappa shape index (κ1) is 16.2. The molecule has 0 amide bonds. The van der Waals surface area contributed by atoms with E-state index in [-0.39, 0.29) is 5.75 Å². The Balaban J connectivity index is 2.07. The van der Waals surface area contributed by atoms with Crippen molar-refractivity contribution in [1.82, 2.24) is 4.98 Å². The van der Waals surface area contributed by atoms with Crippen LogP contribution in [0.1, 0.15) is 13.3 Å². The van der Waals surface area contributed by atoms with E-state index in [9.17, 15) is 17.2 Å². The maximum atomic E-state index is 13.1. The molecule has 0 spiro atoms. The number of pyridine rings is 1. The summed E-state index contributed by atoms with van der Waals surface area (Å²) in [7, 11) is -3.37. The van der Waals surface area contributed by atoms with Crippen LogP contribution in [0.25, 0.3) is 0 Å². The zero-order valence-electron chi connectivity index (χ0n) is 11.8. The van der Waals surface area contributed by atoms with E-state index in [4.69, 9.17) is 0 Å². The number of sulfonamides is 1. The van der Waals surface area contributed by atoms with Gasteiger partial charge in [-0.15, -0.1) is 0 Å². The molecule has 0 aliphatic carbocycles. The molecule has 1 aromatic heterocycles. The minimum Gasteiger partial charge on any atom is -0.340 e. The molecule has 0 atom stereocenters. The lowest BCUT2D eigenvalue weighted by Crippen LogP contribution is -2.16. The van der Waals surface area contributed by atoms with Crippen molar-refractivity contribution in [3.05, 3.63) is 48.2 Å². The Morgan fingerprint density at radius 1 is 1.09 bits per heavy atom. The van der Waals surface area contributed by atoms with Crippen LogP contribution < -0.4 is 10.0 Å². The predicted octanol–water partition coefficient (Wildman–Crippen LogP) is 3.26. The Morgan fingerprint density at radius 3 is 2.41 bits per heavy atom. The van der Waals surface area contributed by atoms with Gasteiger partial charge in [0, 0.05) is 11.8 Å². The summed E-state index contributed by atoms with van der Waals surface area (Å²) in [4.78, 5) is 4.02. The Hall–Kier alpha value is -2.22. The first-order valence-electron chi connectivity index (χ1n) is 6.58. The van der Waals surface area contributed by atoms with Gasteiger partial charge in [0.05, 0.1) is 17.6 Å². The molecular formula is C14H15F2N3O2S. The summed E-state index contributed by atoms with van der Waals surface area (Å²) in [5.41, 5.74) is 0.676. The van der Waals surface area contributed by atoms with Gasteiger partial charge in [0.1, 0.15) is 5.82 Å². The van der Waals surface area contributed by atoms with Crippen molar-refractivity contribution in [3.8, 4) is 0 Å². The fourth-order valence-corrected chi connectivity index (χ4v) is 2.87. The molecule has 0 unspecified atom stereocenters. The number of nitrogens with one attached hydrogen (secondary N) is 2. The zero-order chi connectivity index (χ0) is 16.2. The van der Waals surface area contributed by atoms with E-state index in [0.29, 0.717) is 23.6 Å². The number of benzene rings is 1. The largest absolute Gasteiger partial charge is 0.340 e. The third-order valence-electron chi connectivity index (χ3n) is 2.70. The van der Waals surface area contributed by atoms with E-state index in [1.807, 2.05) is 0 Å². The monoisotopic (exact) mass is 327 g/mol. The summed E-state index contributed by atoms with van der Waals surface area (Å²) >= 11 is 0. The third kappa shape index (κ3) is 4.39. The summed E-state index contributed by atoms with van der Waals surface area (Å²) in [6.45, 7) is 1.77. The predicted molar refractivity (Wildman–Crippen MR) is 81.6 cm³/mol. The maximum absolute atomic E-state index is 13.1. The van der Waals surface area contributed by atoms with Crippen molar-refractivity contribution in [1.29, 1.82) is 0 Å². The number of hydrogen-bond donors (Lipinski definition) is 2. The second-order valence-electron chi connectivity index (χ2n) is 4.61. The van der Waals surface area contributed by atoms with Crippen molar-refractivity contribution in [2.75, 3.05) is 15.8 Å². The first-order chi connectivity index (χ1) is 10.4. The Labute approximate surface area is 127 Å². The number of aromatic nitrogens is 1. The molecule has 118 valence electrons. The highest BCUT2D eigenvalue weighted by atomic mass is 32.2. The van der Waals surface area contributed by atoms with Gasteiger partial charge in [-0.05, 0) is 30.7 Å². The van der Waals surface area contributed by atoms with Crippen LogP contribution in [0.2, 0.25) is 0 Å². The summed E-state index contributed by atoms with van der Waals surface area (Å²) in [5, 5.41) is 2.79. The van der Waals surface area contributed by atoms with Gasteiger partial charge in [0.15, 0.2) is 11.6 Å².